The van der Waals surface area contributed by atoms with Crippen molar-refractivity contribution >= 4 is 24.3 Å². The maximum atomic E-state index is 12.3. The molecule has 0 atom stereocenters. The Morgan fingerprint density at radius 3 is 2.23 bits per heavy atom. The SMILES string of the molecule is Cl.O=C(CC12CC3CC(CC(C3)C1)C2)OCCNC(=O)c1ccncc1. The van der Waals surface area contributed by atoms with Crippen LogP contribution in [0.25, 0.3) is 0 Å². The molecule has 0 aromatic carbocycles. The molecule has 0 radical (unpaired) electrons. The summed E-state index contributed by atoms with van der Waals surface area (Å²) in [5, 5.41) is 2.77. The third-order valence-corrected chi connectivity index (χ3v) is 6.28. The van der Waals surface area contributed by atoms with Crippen molar-refractivity contribution < 1.29 is 14.3 Å². The Balaban J connectivity index is 0.00000196. The van der Waals surface area contributed by atoms with E-state index in [0.717, 1.165) is 17.8 Å². The second-order valence-electron chi connectivity index (χ2n) is 8.31. The van der Waals surface area contributed by atoms with E-state index in [2.05, 4.69) is 10.3 Å². The summed E-state index contributed by atoms with van der Waals surface area (Å²) in [6.07, 6.45) is 11.5. The van der Waals surface area contributed by atoms with Crippen molar-refractivity contribution in [1.82, 2.24) is 10.3 Å². The van der Waals surface area contributed by atoms with Gasteiger partial charge in [-0.1, -0.05) is 0 Å². The molecule has 5 nitrogen and oxygen atoms in total. The summed E-state index contributed by atoms with van der Waals surface area (Å²) in [7, 11) is 0. The predicted octanol–water partition coefficient (Wildman–Crippen LogP) is 3.38. The molecule has 0 saturated heterocycles. The number of esters is 1. The number of rotatable bonds is 6. The first-order valence-electron chi connectivity index (χ1n) is 9.46. The van der Waals surface area contributed by atoms with Gasteiger partial charge in [0.05, 0.1) is 13.0 Å². The van der Waals surface area contributed by atoms with Crippen LogP contribution in [0, 0.1) is 23.2 Å². The number of hydrogen-bond acceptors (Lipinski definition) is 4. The third kappa shape index (κ3) is 4.20. The van der Waals surface area contributed by atoms with Crippen LogP contribution in [0.3, 0.4) is 0 Å². The molecule has 4 fully saturated rings. The number of nitrogens with one attached hydrogen (secondary N) is 1. The molecule has 1 amide bonds. The Hall–Kier alpha value is -1.62. The van der Waals surface area contributed by atoms with Crippen molar-refractivity contribution in [2.45, 2.75) is 44.9 Å². The molecule has 4 saturated carbocycles. The highest BCUT2D eigenvalue weighted by Crippen LogP contribution is 2.61. The zero-order chi connectivity index (χ0) is 17.3. The van der Waals surface area contributed by atoms with Gasteiger partial charge in [0.1, 0.15) is 6.61 Å². The van der Waals surface area contributed by atoms with E-state index >= 15 is 0 Å². The van der Waals surface area contributed by atoms with Gasteiger partial charge >= 0.3 is 5.97 Å². The predicted molar refractivity (Wildman–Crippen MR) is 100.0 cm³/mol. The summed E-state index contributed by atoms with van der Waals surface area (Å²) in [5.41, 5.74) is 0.779. The highest BCUT2D eigenvalue weighted by atomic mass is 35.5. The van der Waals surface area contributed by atoms with E-state index in [9.17, 15) is 9.59 Å². The van der Waals surface area contributed by atoms with Gasteiger partial charge < -0.3 is 10.1 Å². The second-order valence-corrected chi connectivity index (χ2v) is 8.31. The minimum atomic E-state index is -0.167. The molecule has 5 rings (SSSR count). The van der Waals surface area contributed by atoms with E-state index in [1.54, 1.807) is 24.5 Å². The van der Waals surface area contributed by atoms with Crippen LogP contribution in [0.5, 0.6) is 0 Å². The van der Waals surface area contributed by atoms with Crippen LogP contribution in [-0.2, 0) is 9.53 Å². The van der Waals surface area contributed by atoms with Gasteiger partial charge in [0.15, 0.2) is 0 Å². The molecule has 1 heterocycles. The Morgan fingerprint density at radius 1 is 1.08 bits per heavy atom. The lowest BCUT2D eigenvalue weighted by molar-refractivity contribution is -0.151. The zero-order valence-electron chi connectivity index (χ0n) is 15.0. The Labute approximate surface area is 160 Å². The highest BCUT2D eigenvalue weighted by molar-refractivity contribution is 5.93. The lowest BCUT2D eigenvalue weighted by Crippen LogP contribution is -2.47. The molecular formula is C20H27ClN2O3. The molecule has 0 spiro atoms. The van der Waals surface area contributed by atoms with E-state index < -0.39 is 0 Å². The Bertz CT molecular complexity index is 614. The molecule has 4 aliphatic rings. The molecule has 1 aromatic heterocycles. The summed E-state index contributed by atoms with van der Waals surface area (Å²) in [6, 6.07) is 3.32. The molecule has 26 heavy (non-hydrogen) atoms. The fraction of sp³-hybridized carbons (Fsp3) is 0.650. The van der Waals surface area contributed by atoms with E-state index in [0.29, 0.717) is 18.5 Å². The molecule has 1 N–H and O–H groups in total. The van der Waals surface area contributed by atoms with Crippen LogP contribution >= 0.6 is 12.4 Å². The largest absolute Gasteiger partial charge is 0.464 e. The molecule has 0 aliphatic heterocycles. The first kappa shape index (κ1) is 19.2. The molecule has 0 unspecified atom stereocenters. The zero-order valence-corrected chi connectivity index (χ0v) is 15.8. The number of pyridine rings is 1. The van der Waals surface area contributed by atoms with Gasteiger partial charge in [-0.25, -0.2) is 0 Å². The first-order valence-corrected chi connectivity index (χ1v) is 9.46. The number of hydrogen-bond donors (Lipinski definition) is 1. The highest BCUT2D eigenvalue weighted by Gasteiger charge is 2.51. The van der Waals surface area contributed by atoms with E-state index in [1.165, 1.54) is 38.5 Å². The van der Waals surface area contributed by atoms with Crippen LogP contribution < -0.4 is 5.32 Å². The van der Waals surface area contributed by atoms with Crippen molar-refractivity contribution in [2.24, 2.45) is 23.2 Å². The van der Waals surface area contributed by atoms with Gasteiger partial charge in [0, 0.05) is 18.0 Å². The van der Waals surface area contributed by atoms with Crippen molar-refractivity contribution in [1.29, 1.82) is 0 Å². The van der Waals surface area contributed by atoms with Crippen LogP contribution in [0.2, 0.25) is 0 Å². The fourth-order valence-corrected chi connectivity index (χ4v) is 5.80. The maximum absolute atomic E-state index is 12.3. The summed E-state index contributed by atoms with van der Waals surface area (Å²) in [6.45, 7) is 0.579. The van der Waals surface area contributed by atoms with Gasteiger partial charge in [-0.05, 0) is 73.8 Å². The Morgan fingerprint density at radius 2 is 1.65 bits per heavy atom. The van der Waals surface area contributed by atoms with E-state index in [1.807, 2.05) is 0 Å². The van der Waals surface area contributed by atoms with Gasteiger partial charge in [-0.2, -0.15) is 0 Å². The standard InChI is InChI=1S/C20H26N2O3.ClH/c23-18(25-6-5-22-19(24)17-1-3-21-4-2-17)13-20-10-14-7-15(11-20)9-16(8-14)12-20;/h1-4,14-16H,5-13H2,(H,22,24);1H. The molecule has 6 heteroatoms. The van der Waals surface area contributed by atoms with Crippen molar-refractivity contribution in [3.63, 3.8) is 0 Å². The first-order chi connectivity index (χ1) is 12.1. The average Bonchev–Trinajstić information content (AvgIpc) is 2.57. The average molecular weight is 379 g/mol. The van der Waals surface area contributed by atoms with Crippen LogP contribution in [-0.4, -0.2) is 30.0 Å². The number of aromatic nitrogens is 1. The summed E-state index contributed by atoms with van der Waals surface area (Å²) < 4.78 is 5.40. The van der Waals surface area contributed by atoms with Crippen molar-refractivity contribution in [3.8, 4) is 0 Å². The lowest BCUT2D eigenvalue weighted by atomic mass is 9.49. The molecule has 1 aromatic rings. The molecule has 142 valence electrons. The number of carbonyl (C=O) groups is 2. The van der Waals surface area contributed by atoms with Crippen LogP contribution in [0.15, 0.2) is 24.5 Å². The van der Waals surface area contributed by atoms with E-state index in [-0.39, 0.29) is 36.3 Å². The van der Waals surface area contributed by atoms with Gasteiger partial charge in [0.25, 0.3) is 5.91 Å². The van der Waals surface area contributed by atoms with Gasteiger partial charge in [0.2, 0.25) is 0 Å². The summed E-state index contributed by atoms with van der Waals surface area (Å²) >= 11 is 0. The van der Waals surface area contributed by atoms with Gasteiger partial charge in [-0.3, -0.25) is 14.6 Å². The number of halogens is 1. The monoisotopic (exact) mass is 378 g/mol. The maximum Gasteiger partial charge on any atom is 0.306 e. The van der Waals surface area contributed by atoms with Crippen molar-refractivity contribution in [2.75, 3.05) is 13.2 Å². The van der Waals surface area contributed by atoms with Crippen LogP contribution in [0.4, 0.5) is 0 Å². The Kier molecular flexibility index (Phi) is 5.86. The quantitative estimate of drug-likeness (QED) is 0.608. The van der Waals surface area contributed by atoms with Gasteiger partial charge in [-0.15, -0.1) is 12.4 Å². The molecular weight excluding hydrogens is 352 g/mol. The summed E-state index contributed by atoms with van der Waals surface area (Å²) in [5.74, 6) is 2.27. The lowest BCUT2D eigenvalue weighted by Gasteiger charge is -2.56. The topological polar surface area (TPSA) is 68.3 Å². The fourth-order valence-electron chi connectivity index (χ4n) is 5.80. The molecule has 4 aliphatic carbocycles. The third-order valence-electron chi connectivity index (χ3n) is 6.28. The van der Waals surface area contributed by atoms with Crippen molar-refractivity contribution in [3.05, 3.63) is 30.1 Å². The second kappa shape index (κ2) is 7.95. The minimum Gasteiger partial charge on any atom is -0.464 e. The minimum absolute atomic E-state index is 0. The number of carbonyl (C=O) groups excluding carboxylic acids is 2. The summed E-state index contributed by atoms with van der Waals surface area (Å²) in [4.78, 5) is 28.1. The smallest absolute Gasteiger partial charge is 0.306 e. The van der Waals surface area contributed by atoms with E-state index in [4.69, 9.17) is 4.74 Å². The number of ether oxygens (including phenoxy) is 1. The normalized spacial score (nSPS) is 31.2. The molecule has 4 bridgehead atoms. The number of nitrogens with zero attached hydrogens (tertiary/aromatic N) is 1. The van der Waals surface area contributed by atoms with Crippen LogP contribution in [0.1, 0.15) is 55.3 Å². The number of amides is 1.